The van der Waals surface area contributed by atoms with Crippen molar-refractivity contribution < 1.29 is 22.7 Å². The number of sulfonamides is 1. The Morgan fingerprint density at radius 2 is 1.43 bits per heavy atom. The number of amides is 2. The average molecular weight is 662 g/mol. The molecule has 242 valence electrons. The van der Waals surface area contributed by atoms with Gasteiger partial charge < -0.3 is 15.0 Å². The first-order valence-electron chi connectivity index (χ1n) is 15.1. The highest BCUT2D eigenvalue weighted by atomic mass is 35.5. The van der Waals surface area contributed by atoms with Gasteiger partial charge >= 0.3 is 0 Å². The molecule has 0 spiro atoms. The van der Waals surface area contributed by atoms with E-state index in [2.05, 4.69) is 5.32 Å². The van der Waals surface area contributed by atoms with Crippen molar-refractivity contribution in [3.63, 3.8) is 0 Å². The Balaban J connectivity index is 1.74. The van der Waals surface area contributed by atoms with E-state index in [1.807, 2.05) is 65.0 Å². The van der Waals surface area contributed by atoms with Crippen LogP contribution in [-0.4, -0.2) is 43.3 Å². The Morgan fingerprint density at radius 3 is 2.02 bits per heavy atom. The molecule has 0 radical (unpaired) electrons. The molecule has 4 aromatic carbocycles. The summed E-state index contributed by atoms with van der Waals surface area (Å²) >= 11 is 6.49. The molecule has 0 aliphatic heterocycles. The maximum absolute atomic E-state index is 14.3. The van der Waals surface area contributed by atoms with Crippen molar-refractivity contribution in [2.45, 2.75) is 64.1 Å². The van der Waals surface area contributed by atoms with Crippen LogP contribution in [0, 0.1) is 6.92 Å². The summed E-state index contributed by atoms with van der Waals surface area (Å²) in [6.45, 7) is 8.71. The van der Waals surface area contributed by atoms with Gasteiger partial charge in [-0.2, -0.15) is 0 Å². The van der Waals surface area contributed by atoms with Gasteiger partial charge in [-0.25, -0.2) is 8.42 Å². The third-order valence-electron chi connectivity index (χ3n) is 7.17. The average Bonchev–Trinajstić information content (AvgIpc) is 3.01. The molecule has 0 aromatic heterocycles. The zero-order valence-electron chi connectivity index (χ0n) is 26.7. The number of carbonyl (C=O) groups excluding carboxylic acids is 2. The first-order chi connectivity index (χ1) is 21.8. The molecule has 0 bridgehead atoms. The molecule has 2 amide bonds. The Bertz CT molecular complexity index is 1740. The Morgan fingerprint density at radius 1 is 0.848 bits per heavy atom. The zero-order valence-corrected chi connectivity index (χ0v) is 28.3. The maximum atomic E-state index is 14.3. The van der Waals surface area contributed by atoms with Crippen LogP contribution in [0.25, 0.3) is 0 Å². The first-order valence-corrected chi connectivity index (χ1v) is 16.9. The van der Waals surface area contributed by atoms with Gasteiger partial charge in [-0.05, 0) is 94.3 Å². The number of nitrogens with one attached hydrogen (secondary N) is 1. The van der Waals surface area contributed by atoms with E-state index in [1.165, 1.54) is 17.0 Å². The van der Waals surface area contributed by atoms with Gasteiger partial charge in [0.05, 0.1) is 10.6 Å². The summed E-state index contributed by atoms with van der Waals surface area (Å²) in [6.07, 6.45) is 0.300. The molecule has 4 aromatic rings. The summed E-state index contributed by atoms with van der Waals surface area (Å²) < 4.78 is 35.3. The molecular weight excluding hydrogens is 622 g/mol. The van der Waals surface area contributed by atoms with Crippen molar-refractivity contribution in [3.8, 4) is 11.5 Å². The number of aryl methyl sites for hydroxylation is 1. The predicted molar refractivity (Wildman–Crippen MR) is 183 cm³/mol. The molecule has 4 rings (SSSR count). The lowest BCUT2D eigenvalue weighted by atomic mass is 10.1. The number of hydrogen-bond acceptors (Lipinski definition) is 5. The number of carbonyl (C=O) groups is 2. The normalized spacial score (nSPS) is 12.2. The summed E-state index contributed by atoms with van der Waals surface area (Å²) in [5.74, 6) is 0.227. The second-order valence-electron chi connectivity index (χ2n) is 12.0. The van der Waals surface area contributed by atoms with Gasteiger partial charge in [-0.3, -0.25) is 13.9 Å². The van der Waals surface area contributed by atoms with E-state index in [0.29, 0.717) is 28.5 Å². The Kier molecular flexibility index (Phi) is 11.1. The van der Waals surface area contributed by atoms with Gasteiger partial charge in [0.2, 0.25) is 11.8 Å². The summed E-state index contributed by atoms with van der Waals surface area (Å²) in [4.78, 5) is 29.3. The van der Waals surface area contributed by atoms with Crippen LogP contribution in [0.1, 0.15) is 45.2 Å². The third-order valence-corrected chi connectivity index (χ3v) is 9.33. The lowest BCUT2D eigenvalue weighted by Gasteiger charge is -2.35. The van der Waals surface area contributed by atoms with Gasteiger partial charge in [0.15, 0.2) is 0 Å². The van der Waals surface area contributed by atoms with Crippen molar-refractivity contribution in [2.24, 2.45) is 0 Å². The van der Waals surface area contributed by atoms with Crippen LogP contribution in [0.4, 0.5) is 5.69 Å². The van der Waals surface area contributed by atoms with Crippen molar-refractivity contribution in [2.75, 3.05) is 10.8 Å². The van der Waals surface area contributed by atoms with Gasteiger partial charge in [-0.15, -0.1) is 0 Å². The van der Waals surface area contributed by atoms with E-state index in [0.717, 1.165) is 9.87 Å². The minimum Gasteiger partial charge on any atom is -0.457 e. The molecular formula is C36H40ClN3O5S. The SMILES string of the molecule is CC[C@@H](C(=O)NC(C)(C)C)N(Cc1ccccc1Cl)C(=O)CN(c1ccc(Oc2ccccc2)cc1)S(=O)(=O)c1ccc(C)cc1. The molecule has 10 heteroatoms. The molecule has 0 aliphatic rings. The molecule has 0 fully saturated rings. The number of halogens is 1. The fourth-order valence-electron chi connectivity index (χ4n) is 4.85. The van der Waals surface area contributed by atoms with Crippen molar-refractivity contribution in [1.29, 1.82) is 0 Å². The summed E-state index contributed by atoms with van der Waals surface area (Å²) in [5.41, 5.74) is 1.24. The topological polar surface area (TPSA) is 96.0 Å². The van der Waals surface area contributed by atoms with Gasteiger partial charge in [0.25, 0.3) is 10.0 Å². The van der Waals surface area contributed by atoms with E-state index >= 15 is 0 Å². The highest BCUT2D eigenvalue weighted by Gasteiger charge is 2.35. The quantitative estimate of drug-likeness (QED) is 0.171. The van der Waals surface area contributed by atoms with E-state index in [9.17, 15) is 18.0 Å². The highest BCUT2D eigenvalue weighted by molar-refractivity contribution is 7.92. The van der Waals surface area contributed by atoms with Crippen LogP contribution in [0.3, 0.4) is 0 Å². The largest absolute Gasteiger partial charge is 0.457 e. The predicted octanol–water partition coefficient (Wildman–Crippen LogP) is 7.36. The van der Waals surface area contributed by atoms with Crippen LogP contribution in [0.2, 0.25) is 5.02 Å². The first kappa shape index (κ1) is 34.5. The number of ether oxygens (including phenoxy) is 1. The van der Waals surface area contributed by atoms with E-state index in [1.54, 1.807) is 60.7 Å². The molecule has 0 heterocycles. The molecule has 0 saturated heterocycles. The van der Waals surface area contributed by atoms with Crippen LogP contribution in [0.5, 0.6) is 11.5 Å². The third kappa shape index (κ3) is 8.89. The molecule has 0 aliphatic carbocycles. The van der Waals surface area contributed by atoms with Crippen LogP contribution in [-0.2, 0) is 26.2 Å². The summed E-state index contributed by atoms with van der Waals surface area (Å²) in [6, 6.07) is 28.3. The lowest BCUT2D eigenvalue weighted by molar-refractivity contribution is -0.141. The molecule has 8 nitrogen and oxygen atoms in total. The van der Waals surface area contributed by atoms with Gasteiger partial charge in [0, 0.05) is 17.1 Å². The maximum Gasteiger partial charge on any atom is 0.264 e. The molecule has 0 saturated carbocycles. The zero-order chi connectivity index (χ0) is 33.5. The van der Waals surface area contributed by atoms with Gasteiger partial charge in [-0.1, -0.05) is 72.6 Å². The number of anilines is 1. The van der Waals surface area contributed by atoms with E-state index in [4.69, 9.17) is 16.3 Å². The fourth-order valence-corrected chi connectivity index (χ4v) is 6.46. The highest BCUT2D eigenvalue weighted by Crippen LogP contribution is 2.29. The Labute approximate surface area is 277 Å². The second kappa shape index (κ2) is 14.8. The number of para-hydroxylation sites is 1. The van der Waals surface area contributed by atoms with Crippen molar-refractivity contribution in [1.82, 2.24) is 10.2 Å². The molecule has 1 N–H and O–H groups in total. The van der Waals surface area contributed by atoms with Crippen molar-refractivity contribution >= 4 is 39.1 Å². The minimum atomic E-state index is -4.22. The van der Waals surface area contributed by atoms with E-state index < -0.39 is 34.1 Å². The second-order valence-corrected chi connectivity index (χ2v) is 14.3. The smallest absolute Gasteiger partial charge is 0.264 e. The number of hydrogen-bond donors (Lipinski definition) is 1. The minimum absolute atomic E-state index is 0.0108. The number of rotatable bonds is 12. The number of benzene rings is 4. The number of nitrogens with zero attached hydrogens (tertiary/aromatic N) is 2. The monoisotopic (exact) mass is 661 g/mol. The molecule has 0 unspecified atom stereocenters. The van der Waals surface area contributed by atoms with E-state index in [-0.39, 0.29) is 23.0 Å². The summed E-state index contributed by atoms with van der Waals surface area (Å²) in [5, 5.41) is 3.40. The molecule has 46 heavy (non-hydrogen) atoms. The van der Waals surface area contributed by atoms with Gasteiger partial charge in [0.1, 0.15) is 24.1 Å². The summed E-state index contributed by atoms with van der Waals surface area (Å²) in [7, 11) is -4.22. The van der Waals surface area contributed by atoms with Crippen LogP contribution in [0.15, 0.2) is 108 Å². The fraction of sp³-hybridized carbons (Fsp3) is 0.278. The van der Waals surface area contributed by atoms with Crippen LogP contribution >= 0.6 is 11.6 Å². The Hall–Kier alpha value is -4.34. The van der Waals surface area contributed by atoms with Crippen LogP contribution < -0.4 is 14.4 Å². The van der Waals surface area contributed by atoms with Crippen molar-refractivity contribution in [3.05, 3.63) is 119 Å². The standard InChI is InChI=1S/C36H40ClN3O5S/c1-6-33(35(42)38-36(3,4)5)39(24-27-12-10-11-15-32(27)37)34(41)25-40(46(43,44)31-22-16-26(2)17-23-31)28-18-20-30(21-19-28)45-29-13-8-7-9-14-29/h7-23,33H,6,24-25H2,1-5H3,(H,38,42)/t33-/m0/s1. The lowest BCUT2D eigenvalue weighted by Crippen LogP contribution is -2.55. The molecule has 1 atom stereocenters.